The Balaban J connectivity index is 2.15. The molecule has 1 heterocycles. The van der Waals surface area contributed by atoms with E-state index in [1.165, 1.54) is 6.07 Å². The van der Waals surface area contributed by atoms with Crippen molar-refractivity contribution in [2.45, 2.75) is 6.61 Å². The number of nitrogens with one attached hydrogen (secondary N) is 1. The maximum atomic E-state index is 11.3. The number of hydrogen-bond acceptors (Lipinski definition) is 7. The molecule has 0 aliphatic heterocycles. The van der Waals surface area contributed by atoms with Crippen LogP contribution >= 0.6 is 27.3 Å². The summed E-state index contributed by atoms with van der Waals surface area (Å²) in [6.07, 6.45) is 0. The number of carbonyl (C=O) groups is 1. The third kappa shape index (κ3) is 3.54. The van der Waals surface area contributed by atoms with E-state index in [1.54, 1.807) is 17.5 Å². The number of benzene rings is 1. The monoisotopic (exact) mass is 372 g/mol. The molecule has 1 amide bonds. The van der Waals surface area contributed by atoms with Crippen molar-refractivity contribution in [1.29, 1.82) is 0 Å². The average molecular weight is 373 g/mol. The van der Waals surface area contributed by atoms with Gasteiger partial charge >= 0.3 is 5.69 Å². The molecule has 0 bridgehead atoms. The summed E-state index contributed by atoms with van der Waals surface area (Å²) in [5.41, 5.74) is 2.30. The smallest absolute Gasteiger partial charge is 0.312 e. The molecule has 1 aromatic heterocycles. The molecule has 0 atom stereocenters. The number of nitrogens with zero attached hydrogens (tertiary/aromatic N) is 2. The predicted octanol–water partition coefficient (Wildman–Crippen LogP) is 2.00. The highest BCUT2D eigenvalue weighted by Gasteiger charge is 2.18. The van der Waals surface area contributed by atoms with Gasteiger partial charge in [0.1, 0.15) is 6.61 Å². The number of nitro benzene ring substituents is 1. The van der Waals surface area contributed by atoms with Gasteiger partial charge in [-0.2, -0.15) is 0 Å². The highest BCUT2D eigenvalue weighted by Crippen LogP contribution is 2.35. The molecule has 8 nitrogen and oxygen atoms in total. The molecule has 2 rings (SSSR count). The number of carbonyl (C=O) groups excluding carboxylic acids is 1. The van der Waals surface area contributed by atoms with Gasteiger partial charge in [0.05, 0.1) is 15.1 Å². The lowest BCUT2D eigenvalue weighted by atomic mass is 10.3. The van der Waals surface area contributed by atoms with Crippen molar-refractivity contribution >= 4 is 38.9 Å². The van der Waals surface area contributed by atoms with Crippen LogP contribution in [0.5, 0.6) is 5.75 Å². The van der Waals surface area contributed by atoms with Crippen LogP contribution < -0.4 is 16.0 Å². The van der Waals surface area contributed by atoms with Crippen molar-refractivity contribution in [3.63, 3.8) is 0 Å². The van der Waals surface area contributed by atoms with Gasteiger partial charge in [0, 0.05) is 11.4 Å². The van der Waals surface area contributed by atoms with Gasteiger partial charge in [-0.1, -0.05) is 6.07 Å². The molecule has 1 aromatic carbocycles. The number of para-hydroxylation sites is 1. The quantitative estimate of drug-likeness (QED) is 0.358. The van der Waals surface area contributed by atoms with Gasteiger partial charge in [-0.05, 0) is 22.0 Å². The van der Waals surface area contributed by atoms with E-state index in [4.69, 9.17) is 10.6 Å². The number of hydrogen-bond donors (Lipinski definition) is 2. The molecule has 0 saturated carbocycles. The molecule has 110 valence electrons. The van der Waals surface area contributed by atoms with E-state index in [0.717, 1.165) is 11.3 Å². The molecule has 0 saturated heterocycles. The normalized spacial score (nSPS) is 10.2. The molecule has 0 radical (unpaired) electrons. The second-order valence-corrected chi connectivity index (χ2v) is 5.46. The number of aromatic nitrogens is 1. The van der Waals surface area contributed by atoms with E-state index >= 15 is 0 Å². The Hall–Kier alpha value is -2.04. The molecule has 0 aliphatic carbocycles. The number of rotatable bonds is 5. The fourth-order valence-electron chi connectivity index (χ4n) is 1.47. The standard InChI is InChI=1S/C11H9BrN4O4S/c12-7-2-1-3-8(16(18)19)9(7)20-4-6-5-21-11(14-6)10(17)15-13/h1-3,5H,4,13H2,(H,15,17). The van der Waals surface area contributed by atoms with E-state index in [1.807, 2.05) is 5.43 Å². The zero-order valence-electron chi connectivity index (χ0n) is 10.4. The summed E-state index contributed by atoms with van der Waals surface area (Å²) in [6, 6.07) is 4.52. The fourth-order valence-corrected chi connectivity index (χ4v) is 2.64. The summed E-state index contributed by atoms with van der Waals surface area (Å²) in [5.74, 6) is 4.62. The van der Waals surface area contributed by atoms with Crippen LogP contribution in [0, 0.1) is 10.1 Å². The van der Waals surface area contributed by atoms with Crippen LogP contribution in [-0.4, -0.2) is 15.8 Å². The zero-order valence-corrected chi connectivity index (χ0v) is 12.8. The molecular weight excluding hydrogens is 364 g/mol. The first-order valence-electron chi connectivity index (χ1n) is 5.54. The molecule has 2 aromatic rings. The second kappa shape index (κ2) is 6.61. The number of hydrazine groups is 1. The molecule has 0 aliphatic rings. The van der Waals surface area contributed by atoms with Crippen LogP contribution in [-0.2, 0) is 6.61 Å². The van der Waals surface area contributed by atoms with Gasteiger partial charge < -0.3 is 4.74 Å². The summed E-state index contributed by atoms with van der Waals surface area (Å²) >= 11 is 4.30. The Morgan fingerprint density at radius 1 is 1.57 bits per heavy atom. The lowest BCUT2D eigenvalue weighted by molar-refractivity contribution is -0.386. The number of halogens is 1. The molecule has 0 unspecified atom stereocenters. The summed E-state index contributed by atoms with van der Waals surface area (Å²) in [4.78, 5) is 25.7. The number of nitrogens with two attached hydrogens (primary N) is 1. The van der Waals surface area contributed by atoms with Crippen molar-refractivity contribution in [3.8, 4) is 5.75 Å². The fraction of sp³-hybridized carbons (Fsp3) is 0.0909. The summed E-state index contributed by atoms with van der Waals surface area (Å²) in [6.45, 7) is -0.00218. The minimum atomic E-state index is -0.533. The van der Waals surface area contributed by atoms with Gasteiger partial charge in [-0.15, -0.1) is 11.3 Å². The van der Waals surface area contributed by atoms with E-state index in [0.29, 0.717) is 10.2 Å². The Kier molecular flexibility index (Phi) is 4.83. The number of nitro groups is 1. The van der Waals surface area contributed by atoms with Gasteiger partial charge in [-0.3, -0.25) is 20.3 Å². The van der Waals surface area contributed by atoms with Crippen LogP contribution in [0.1, 0.15) is 15.5 Å². The third-order valence-electron chi connectivity index (χ3n) is 2.38. The SMILES string of the molecule is NNC(=O)c1nc(COc2c(Br)cccc2[N+](=O)[O-])cs1. The number of thiazole rings is 1. The second-order valence-electron chi connectivity index (χ2n) is 3.75. The summed E-state index contributed by atoms with van der Waals surface area (Å²) in [5, 5.41) is 12.8. The number of ether oxygens (including phenoxy) is 1. The Morgan fingerprint density at radius 3 is 3.00 bits per heavy atom. The van der Waals surface area contributed by atoms with Crippen molar-refractivity contribution in [3.05, 3.63) is 48.9 Å². The van der Waals surface area contributed by atoms with E-state index in [-0.39, 0.29) is 23.1 Å². The van der Waals surface area contributed by atoms with E-state index in [2.05, 4.69) is 20.9 Å². The highest BCUT2D eigenvalue weighted by atomic mass is 79.9. The molecule has 0 fully saturated rings. The van der Waals surface area contributed by atoms with Gasteiger partial charge in [0.15, 0.2) is 5.01 Å². The maximum Gasteiger partial charge on any atom is 0.312 e. The van der Waals surface area contributed by atoms with Crippen LogP contribution in [0.2, 0.25) is 0 Å². The summed E-state index contributed by atoms with van der Waals surface area (Å²) in [7, 11) is 0. The van der Waals surface area contributed by atoms with Crippen LogP contribution in [0.3, 0.4) is 0 Å². The molecular formula is C11H9BrN4O4S. The van der Waals surface area contributed by atoms with Crippen LogP contribution in [0.25, 0.3) is 0 Å². The Bertz CT molecular complexity index is 691. The first kappa shape index (κ1) is 15.4. The number of nitrogen functional groups attached to an aromatic ring is 1. The average Bonchev–Trinajstić information content (AvgIpc) is 2.93. The third-order valence-corrected chi connectivity index (χ3v) is 3.90. The van der Waals surface area contributed by atoms with Gasteiger partial charge in [-0.25, -0.2) is 10.8 Å². The molecule has 21 heavy (non-hydrogen) atoms. The molecule has 10 heteroatoms. The lowest BCUT2D eigenvalue weighted by Gasteiger charge is -2.06. The Labute approximate surface area is 131 Å². The van der Waals surface area contributed by atoms with E-state index in [9.17, 15) is 14.9 Å². The Morgan fingerprint density at radius 2 is 2.33 bits per heavy atom. The van der Waals surface area contributed by atoms with Gasteiger partial charge in [0.2, 0.25) is 5.75 Å². The van der Waals surface area contributed by atoms with Crippen molar-refractivity contribution in [2.24, 2.45) is 5.84 Å². The maximum absolute atomic E-state index is 11.3. The first-order chi connectivity index (χ1) is 10.0. The minimum absolute atomic E-state index is 0.00218. The van der Waals surface area contributed by atoms with E-state index < -0.39 is 10.8 Å². The predicted molar refractivity (Wildman–Crippen MR) is 78.9 cm³/mol. The minimum Gasteiger partial charge on any atom is -0.479 e. The van der Waals surface area contributed by atoms with Crippen LogP contribution in [0.4, 0.5) is 5.69 Å². The van der Waals surface area contributed by atoms with Crippen LogP contribution in [0.15, 0.2) is 28.1 Å². The van der Waals surface area contributed by atoms with Crippen molar-refractivity contribution < 1.29 is 14.5 Å². The molecule has 0 spiro atoms. The van der Waals surface area contributed by atoms with Crippen molar-refractivity contribution in [1.82, 2.24) is 10.4 Å². The number of amides is 1. The van der Waals surface area contributed by atoms with Gasteiger partial charge in [0.25, 0.3) is 5.91 Å². The topological polar surface area (TPSA) is 120 Å². The highest BCUT2D eigenvalue weighted by molar-refractivity contribution is 9.10. The zero-order chi connectivity index (χ0) is 15.4. The van der Waals surface area contributed by atoms with Crippen molar-refractivity contribution in [2.75, 3.05) is 0 Å². The molecule has 3 N–H and O–H groups in total. The summed E-state index contributed by atoms with van der Waals surface area (Å²) < 4.78 is 5.90. The lowest BCUT2D eigenvalue weighted by Crippen LogP contribution is -2.29. The first-order valence-corrected chi connectivity index (χ1v) is 7.21. The largest absolute Gasteiger partial charge is 0.479 e.